The average Bonchev–Trinajstić information content (AvgIpc) is 2.51. The third-order valence-corrected chi connectivity index (χ3v) is 3.16. The van der Waals surface area contributed by atoms with Crippen LogP contribution in [0.25, 0.3) is 0 Å². The number of para-hydroxylation sites is 1. The molecule has 3 heteroatoms. The van der Waals surface area contributed by atoms with Crippen molar-refractivity contribution in [1.29, 1.82) is 0 Å². The maximum absolute atomic E-state index is 5.94. The summed E-state index contributed by atoms with van der Waals surface area (Å²) in [4.78, 5) is 0. The van der Waals surface area contributed by atoms with Gasteiger partial charge in [0, 0.05) is 11.8 Å². The maximum atomic E-state index is 5.94. The van der Waals surface area contributed by atoms with Gasteiger partial charge in [0.05, 0.1) is 0 Å². The molecule has 3 nitrogen and oxygen atoms in total. The fourth-order valence-corrected chi connectivity index (χ4v) is 2.10. The van der Waals surface area contributed by atoms with Crippen LogP contribution in [-0.2, 0) is 0 Å². The number of hydrogen-bond acceptors (Lipinski definition) is 3. The standard InChI is InChI=1S/C19H17NO2/c1-14-10-11-18(21-16-7-3-2-4-8-16)19(12-14)22-17-9-5-6-15(20)13-17/h2-13H,20H2,1H3. The second-order valence-corrected chi connectivity index (χ2v) is 5.04. The van der Waals surface area contributed by atoms with Crippen LogP contribution >= 0.6 is 0 Å². The largest absolute Gasteiger partial charge is 0.453 e. The Morgan fingerprint density at radius 1 is 0.682 bits per heavy atom. The molecule has 22 heavy (non-hydrogen) atoms. The maximum Gasteiger partial charge on any atom is 0.170 e. The van der Waals surface area contributed by atoms with E-state index < -0.39 is 0 Å². The molecule has 0 fully saturated rings. The van der Waals surface area contributed by atoms with Gasteiger partial charge in [-0.05, 0) is 48.9 Å². The summed E-state index contributed by atoms with van der Waals surface area (Å²) < 4.78 is 11.8. The topological polar surface area (TPSA) is 44.5 Å². The molecule has 0 radical (unpaired) electrons. The van der Waals surface area contributed by atoms with Gasteiger partial charge < -0.3 is 15.2 Å². The third kappa shape index (κ3) is 3.38. The van der Waals surface area contributed by atoms with Crippen molar-refractivity contribution in [2.45, 2.75) is 6.92 Å². The number of benzene rings is 3. The summed E-state index contributed by atoms with van der Waals surface area (Å²) in [6.07, 6.45) is 0. The molecule has 0 aliphatic rings. The number of ether oxygens (including phenoxy) is 2. The van der Waals surface area contributed by atoms with E-state index in [1.807, 2.05) is 73.7 Å². The highest BCUT2D eigenvalue weighted by Crippen LogP contribution is 2.35. The van der Waals surface area contributed by atoms with E-state index in [1.54, 1.807) is 6.07 Å². The lowest BCUT2D eigenvalue weighted by molar-refractivity contribution is 0.418. The molecule has 0 aliphatic heterocycles. The molecule has 0 spiro atoms. The minimum Gasteiger partial charge on any atom is -0.453 e. The second-order valence-electron chi connectivity index (χ2n) is 5.04. The first kappa shape index (κ1) is 14.0. The lowest BCUT2D eigenvalue weighted by atomic mass is 10.2. The SMILES string of the molecule is Cc1ccc(Oc2ccccc2)c(Oc2cccc(N)c2)c1. The molecule has 0 saturated carbocycles. The van der Waals surface area contributed by atoms with Crippen LogP contribution in [-0.4, -0.2) is 0 Å². The summed E-state index contributed by atoms with van der Waals surface area (Å²) in [7, 11) is 0. The zero-order chi connectivity index (χ0) is 15.4. The van der Waals surface area contributed by atoms with Gasteiger partial charge in [0.2, 0.25) is 0 Å². The predicted octanol–water partition coefficient (Wildman–Crippen LogP) is 5.16. The molecule has 0 unspecified atom stereocenters. The molecule has 3 aromatic rings. The van der Waals surface area contributed by atoms with Gasteiger partial charge in [-0.1, -0.05) is 30.3 Å². The van der Waals surface area contributed by atoms with Crippen molar-refractivity contribution in [3.05, 3.63) is 78.4 Å². The zero-order valence-electron chi connectivity index (χ0n) is 12.3. The fourth-order valence-electron chi connectivity index (χ4n) is 2.10. The molecule has 0 atom stereocenters. The molecule has 2 N–H and O–H groups in total. The van der Waals surface area contributed by atoms with Gasteiger partial charge in [0.1, 0.15) is 11.5 Å². The lowest BCUT2D eigenvalue weighted by Gasteiger charge is -2.13. The zero-order valence-corrected chi connectivity index (χ0v) is 12.3. The summed E-state index contributed by atoms with van der Waals surface area (Å²) in [6, 6.07) is 22.8. The van der Waals surface area contributed by atoms with Crippen molar-refractivity contribution < 1.29 is 9.47 Å². The third-order valence-electron chi connectivity index (χ3n) is 3.16. The number of anilines is 1. The van der Waals surface area contributed by atoms with E-state index >= 15 is 0 Å². The Balaban J connectivity index is 1.91. The molecule has 3 rings (SSSR count). The van der Waals surface area contributed by atoms with Crippen molar-refractivity contribution in [2.24, 2.45) is 0 Å². The van der Waals surface area contributed by atoms with Gasteiger partial charge in [-0.2, -0.15) is 0 Å². The van der Waals surface area contributed by atoms with Crippen LogP contribution in [0.2, 0.25) is 0 Å². The molecule has 0 amide bonds. The van der Waals surface area contributed by atoms with E-state index in [1.165, 1.54) is 0 Å². The quantitative estimate of drug-likeness (QED) is 0.675. The smallest absolute Gasteiger partial charge is 0.170 e. The highest BCUT2D eigenvalue weighted by molar-refractivity contribution is 5.50. The summed E-state index contributed by atoms with van der Waals surface area (Å²) in [5, 5.41) is 0. The first-order valence-electron chi connectivity index (χ1n) is 7.08. The van der Waals surface area contributed by atoms with Gasteiger partial charge >= 0.3 is 0 Å². The Morgan fingerprint density at radius 2 is 1.41 bits per heavy atom. The van der Waals surface area contributed by atoms with Crippen LogP contribution < -0.4 is 15.2 Å². The number of nitrogen functional groups attached to an aromatic ring is 1. The summed E-state index contributed by atoms with van der Waals surface area (Å²) >= 11 is 0. The monoisotopic (exact) mass is 291 g/mol. The van der Waals surface area contributed by atoms with Gasteiger partial charge in [-0.15, -0.1) is 0 Å². The molecule has 0 heterocycles. The van der Waals surface area contributed by atoms with Crippen molar-refractivity contribution in [3.8, 4) is 23.0 Å². The minimum absolute atomic E-state index is 0.662. The minimum atomic E-state index is 0.662. The normalized spacial score (nSPS) is 10.2. The Kier molecular flexibility index (Phi) is 3.97. The van der Waals surface area contributed by atoms with Crippen LogP contribution in [0.1, 0.15) is 5.56 Å². The molecular weight excluding hydrogens is 274 g/mol. The van der Waals surface area contributed by atoms with Crippen LogP contribution in [0.3, 0.4) is 0 Å². The van der Waals surface area contributed by atoms with E-state index in [0.717, 1.165) is 11.3 Å². The van der Waals surface area contributed by atoms with E-state index in [0.29, 0.717) is 22.9 Å². The van der Waals surface area contributed by atoms with E-state index in [9.17, 15) is 0 Å². The number of nitrogens with two attached hydrogens (primary N) is 1. The predicted molar refractivity (Wildman–Crippen MR) is 88.6 cm³/mol. The van der Waals surface area contributed by atoms with E-state index in [4.69, 9.17) is 15.2 Å². The number of rotatable bonds is 4. The number of aryl methyl sites for hydroxylation is 1. The molecule has 0 aliphatic carbocycles. The molecular formula is C19H17NO2. The summed E-state index contributed by atoms with van der Waals surface area (Å²) in [6.45, 7) is 2.01. The van der Waals surface area contributed by atoms with Crippen LogP contribution in [0.15, 0.2) is 72.8 Å². The number of hydrogen-bond donors (Lipinski definition) is 1. The fraction of sp³-hybridized carbons (Fsp3) is 0.0526. The Hall–Kier alpha value is -2.94. The Labute approximate surface area is 129 Å². The van der Waals surface area contributed by atoms with Crippen molar-refractivity contribution in [2.75, 3.05) is 5.73 Å². The van der Waals surface area contributed by atoms with Gasteiger partial charge in [-0.25, -0.2) is 0 Å². The van der Waals surface area contributed by atoms with Gasteiger partial charge in [0.25, 0.3) is 0 Å². The van der Waals surface area contributed by atoms with Crippen molar-refractivity contribution >= 4 is 5.69 Å². The first-order valence-corrected chi connectivity index (χ1v) is 7.08. The van der Waals surface area contributed by atoms with Gasteiger partial charge in [-0.3, -0.25) is 0 Å². The highest BCUT2D eigenvalue weighted by atomic mass is 16.5. The van der Waals surface area contributed by atoms with E-state index in [2.05, 4.69) is 0 Å². The highest BCUT2D eigenvalue weighted by Gasteiger charge is 2.08. The first-order chi connectivity index (χ1) is 10.7. The van der Waals surface area contributed by atoms with Crippen LogP contribution in [0.5, 0.6) is 23.0 Å². The van der Waals surface area contributed by atoms with Crippen LogP contribution in [0.4, 0.5) is 5.69 Å². The average molecular weight is 291 g/mol. The summed E-state index contributed by atoms with van der Waals surface area (Å²) in [5.74, 6) is 2.78. The Morgan fingerprint density at radius 3 is 2.18 bits per heavy atom. The summed E-state index contributed by atoms with van der Waals surface area (Å²) in [5.41, 5.74) is 7.55. The lowest BCUT2D eigenvalue weighted by Crippen LogP contribution is -1.92. The van der Waals surface area contributed by atoms with Gasteiger partial charge in [0.15, 0.2) is 11.5 Å². The van der Waals surface area contributed by atoms with Crippen LogP contribution in [0, 0.1) is 6.92 Å². The second kappa shape index (κ2) is 6.22. The van der Waals surface area contributed by atoms with Crippen molar-refractivity contribution in [3.63, 3.8) is 0 Å². The molecule has 3 aromatic carbocycles. The molecule has 0 saturated heterocycles. The van der Waals surface area contributed by atoms with Crippen molar-refractivity contribution in [1.82, 2.24) is 0 Å². The molecule has 0 aromatic heterocycles. The molecule has 110 valence electrons. The van der Waals surface area contributed by atoms with E-state index in [-0.39, 0.29) is 0 Å². The Bertz CT molecular complexity index is 769. The molecule has 0 bridgehead atoms.